The van der Waals surface area contributed by atoms with Crippen molar-refractivity contribution in [1.82, 2.24) is 9.21 Å². The number of carbonyl (C=O) groups excluding carboxylic acids is 2. The fourth-order valence-electron chi connectivity index (χ4n) is 2.73. The molecular weight excluding hydrogens is 483 g/mol. The van der Waals surface area contributed by atoms with Gasteiger partial charge in [0.15, 0.2) is 11.6 Å². The second-order valence-electron chi connectivity index (χ2n) is 7.16. The van der Waals surface area contributed by atoms with Gasteiger partial charge in [-0.05, 0) is 42.5 Å². The van der Waals surface area contributed by atoms with Gasteiger partial charge in [-0.15, -0.1) is 0 Å². The molecule has 2 aromatic rings. The molecule has 0 spiro atoms. The normalized spacial score (nSPS) is 11.1. The predicted molar refractivity (Wildman–Crippen MR) is 121 cm³/mol. The number of hydrogen-bond acceptors (Lipinski definition) is 8. The second kappa shape index (κ2) is 12.7. The van der Waals surface area contributed by atoms with Crippen molar-refractivity contribution in [2.24, 2.45) is 5.73 Å². The molecule has 0 saturated heterocycles. The van der Waals surface area contributed by atoms with Gasteiger partial charge in [0.2, 0.25) is 15.9 Å². The van der Waals surface area contributed by atoms with E-state index >= 15 is 0 Å². The summed E-state index contributed by atoms with van der Waals surface area (Å²) in [6.45, 7) is -0.898. The fourth-order valence-corrected chi connectivity index (χ4v) is 4.14. The van der Waals surface area contributed by atoms with Crippen LogP contribution in [-0.2, 0) is 24.3 Å². The third-order valence-corrected chi connectivity index (χ3v) is 6.44. The SMILES string of the molecule is COCCOC(=O)N(C)CCN(CC(N)=O)S(=O)(=O)c1ccc(Oc2ccc(C#N)cc2)c(F)c1. The molecule has 13 heteroatoms. The predicted octanol–water partition coefficient (Wildman–Crippen LogP) is 1.68. The zero-order valence-electron chi connectivity index (χ0n) is 19.1. The minimum absolute atomic E-state index is 0.0130. The molecule has 2 rings (SSSR count). The van der Waals surface area contributed by atoms with Crippen LogP contribution in [0.5, 0.6) is 11.5 Å². The number of benzene rings is 2. The molecule has 2 aromatic carbocycles. The number of amides is 2. The van der Waals surface area contributed by atoms with E-state index in [9.17, 15) is 22.4 Å². The van der Waals surface area contributed by atoms with Gasteiger partial charge in [-0.3, -0.25) is 4.79 Å². The van der Waals surface area contributed by atoms with E-state index in [2.05, 4.69) is 0 Å². The van der Waals surface area contributed by atoms with Crippen molar-refractivity contribution in [1.29, 1.82) is 5.26 Å². The van der Waals surface area contributed by atoms with Gasteiger partial charge >= 0.3 is 6.09 Å². The van der Waals surface area contributed by atoms with Crippen molar-refractivity contribution < 1.29 is 36.6 Å². The molecule has 11 nitrogen and oxygen atoms in total. The molecular formula is C22H25FN4O7S. The number of nitrogens with zero attached hydrogens (tertiary/aromatic N) is 3. The molecule has 0 radical (unpaired) electrons. The summed E-state index contributed by atoms with van der Waals surface area (Å²) < 4.78 is 56.7. The highest BCUT2D eigenvalue weighted by Crippen LogP contribution is 2.28. The van der Waals surface area contributed by atoms with Crippen LogP contribution in [0.4, 0.5) is 9.18 Å². The first-order chi connectivity index (χ1) is 16.6. The summed E-state index contributed by atoms with van der Waals surface area (Å²) in [6, 6.07) is 10.8. The number of primary amides is 1. The number of rotatable bonds is 12. The molecule has 0 atom stereocenters. The van der Waals surface area contributed by atoms with E-state index in [1.807, 2.05) is 6.07 Å². The molecule has 0 aliphatic carbocycles. The van der Waals surface area contributed by atoms with Crippen molar-refractivity contribution in [3.05, 3.63) is 53.8 Å². The summed E-state index contributed by atoms with van der Waals surface area (Å²) >= 11 is 0. The molecule has 2 N–H and O–H groups in total. The highest BCUT2D eigenvalue weighted by atomic mass is 32.2. The van der Waals surface area contributed by atoms with Crippen LogP contribution in [0.15, 0.2) is 47.4 Å². The molecule has 0 unspecified atom stereocenters. The lowest BCUT2D eigenvalue weighted by Crippen LogP contribution is -2.43. The monoisotopic (exact) mass is 508 g/mol. The maximum Gasteiger partial charge on any atom is 0.409 e. The third-order valence-electron chi connectivity index (χ3n) is 4.59. The number of sulfonamides is 1. The highest BCUT2D eigenvalue weighted by molar-refractivity contribution is 7.89. The van der Waals surface area contributed by atoms with Crippen LogP contribution in [0, 0.1) is 17.1 Å². The van der Waals surface area contributed by atoms with Gasteiger partial charge in [-0.25, -0.2) is 17.6 Å². The van der Waals surface area contributed by atoms with E-state index in [1.54, 1.807) is 0 Å². The van der Waals surface area contributed by atoms with Gasteiger partial charge in [0.25, 0.3) is 0 Å². The zero-order chi connectivity index (χ0) is 26.0. The molecule has 0 heterocycles. The lowest BCUT2D eigenvalue weighted by molar-refractivity contribution is -0.118. The quantitative estimate of drug-likeness (QED) is 0.425. The average Bonchev–Trinajstić information content (AvgIpc) is 2.82. The minimum atomic E-state index is -4.36. The van der Waals surface area contributed by atoms with Gasteiger partial charge in [-0.1, -0.05) is 0 Å². The molecule has 2 amide bonds. The van der Waals surface area contributed by atoms with E-state index < -0.39 is 39.3 Å². The Balaban J connectivity index is 2.16. The van der Waals surface area contributed by atoms with Gasteiger partial charge in [-0.2, -0.15) is 9.57 Å². The average molecular weight is 509 g/mol. The molecule has 0 aliphatic heterocycles. The maximum atomic E-state index is 14.7. The number of nitriles is 1. The molecule has 0 saturated carbocycles. The Kier molecular flexibility index (Phi) is 9.95. The number of likely N-dealkylation sites (N-methyl/N-ethyl adjacent to an activating group) is 1. The molecule has 0 aromatic heterocycles. The van der Waals surface area contributed by atoms with E-state index in [0.29, 0.717) is 5.56 Å². The Bertz CT molecular complexity index is 1180. The molecule has 0 fully saturated rings. The van der Waals surface area contributed by atoms with Crippen molar-refractivity contribution >= 4 is 22.0 Å². The van der Waals surface area contributed by atoms with E-state index in [4.69, 9.17) is 25.2 Å². The Labute approximate surface area is 202 Å². The van der Waals surface area contributed by atoms with Crippen LogP contribution >= 0.6 is 0 Å². The largest absolute Gasteiger partial charge is 0.454 e. The third kappa shape index (κ3) is 7.92. The molecule has 35 heavy (non-hydrogen) atoms. The second-order valence-corrected chi connectivity index (χ2v) is 9.10. The molecule has 188 valence electrons. The Hall–Kier alpha value is -3.73. The summed E-state index contributed by atoms with van der Waals surface area (Å²) in [5, 5.41) is 8.84. The molecule has 0 aliphatic rings. The minimum Gasteiger partial charge on any atom is -0.454 e. The summed E-state index contributed by atoms with van der Waals surface area (Å²) in [5.74, 6) is -1.89. The fraction of sp³-hybridized carbons (Fsp3) is 0.318. The van der Waals surface area contributed by atoms with Crippen molar-refractivity contribution in [3.63, 3.8) is 0 Å². The molecule has 0 bridgehead atoms. The van der Waals surface area contributed by atoms with Crippen LogP contribution in [-0.4, -0.2) is 76.6 Å². The summed E-state index contributed by atoms with van der Waals surface area (Å²) in [6.07, 6.45) is -0.714. The first-order valence-electron chi connectivity index (χ1n) is 10.2. The Morgan fingerprint density at radius 2 is 1.80 bits per heavy atom. The maximum absolute atomic E-state index is 14.7. The number of hydrogen-bond donors (Lipinski definition) is 1. The van der Waals surface area contributed by atoms with Gasteiger partial charge < -0.3 is 24.8 Å². The van der Waals surface area contributed by atoms with Crippen molar-refractivity contribution in [3.8, 4) is 17.6 Å². The highest BCUT2D eigenvalue weighted by Gasteiger charge is 2.28. The number of methoxy groups -OCH3 is 1. The number of ether oxygens (including phenoxy) is 3. The summed E-state index contributed by atoms with van der Waals surface area (Å²) in [5.41, 5.74) is 5.59. The lowest BCUT2D eigenvalue weighted by Gasteiger charge is -2.24. The van der Waals surface area contributed by atoms with Crippen LogP contribution in [0.1, 0.15) is 5.56 Å². The number of nitrogens with two attached hydrogens (primary N) is 1. The van der Waals surface area contributed by atoms with E-state index in [1.165, 1.54) is 38.4 Å². The first-order valence-corrected chi connectivity index (χ1v) is 11.7. The standard InChI is InChI=1S/C22H25FN4O7S/c1-26(22(29)33-12-11-32-2)9-10-27(15-21(25)28)35(30,31)18-7-8-20(19(23)13-18)34-17-5-3-16(14-24)4-6-17/h3-8,13H,9-12,15H2,1-2H3,(H2,25,28). The van der Waals surface area contributed by atoms with Crippen LogP contribution in [0.25, 0.3) is 0 Å². The van der Waals surface area contributed by atoms with Gasteiger partial charge in [0, 0.05) is 27.2 Å². The lowest BCUT2D eigenvalue weighted by atomic mass is 10.2. The van der Waals surface area contributed by atoms with Crippen molar-refractivity contribution in [2.75, 3.05) is 47.0 Å². The van der Waals surface area contributed by atoms with Crippen LogP contribution < -0.4 is 10.5 Å². The van der Waals surface area contributed by atoms with Gasteiger partial charge in [0.1, 0.15) is 12.4 Å². The van der Waals surface area contributed by atoms with E-state index in [0.717, 1.165) is 27.4 Å². The summed E-state index contributed by atoms with van der Waals surface area (Å²) in [4.78, 5) is 24.1. The Morgan fingerprint density at radius 3 is 2.37 bits per heavy atom. The van der Waals surface area contributed by atoms with E-state index in [-0.39, 0.29) is 37.8 Å². The van der Waals surface area contributed by atoms with Crippen LogP contribution in [0.2, 0.25) is 0 Å². The van der Waals surface area contributed by atoms with Crippen molar-refractivity contribution in [2.45, 2.75) is 4.90 Å². The van der Waals surface area contributed by atoms with Crippen LogP contribution in [0.3, 0.4) is 0 Å². The smallest absolute Gasteiger partial charge is 0.409 e. The van der Waals surface area contributed by atoms with Gasteiger partial charge in [0.05, 0.1) is 29.7 Å². The topological polar surface area (TPSA) is 152 Å². The zero-order valence-corrected chi connectivity index (χ0v) is 20.0. The first kappa shape index (κ1) is 27.5. The number of carbonyl (C=O) groups is 2. The number of halogens is 1. The Morgan fingerprint density at radius 1 is 1.11 bits per heavy atom. The summed E-state index contributed by atoms with van der Waals surface area (Å²) in [7, 11) is -1.53.